The topological polar surface area (TPSA) is 67.8 Å². The molecule has 110 valence electrons. The van der Waals surface area contributed by atoms with Crippen LogP contribution in [0, 0.1) is 5.92 Å². The van der Waals surface area contributed by atoms with Gasteiger partial charge in [-0.1, -0.05) is 6.92 Å². The predicted octanol–water partition coefficient (Wildman–Crippen LogP) is 2.18. The maximum absolute atomic E-state index is 11.8. The van der Waals surface area contributed by atoms with E-state index in [9.17, 15) is 9.90 Å². The second kappa shape index (κ2) is 4.63. The molecule has 1 amide bonds. The molecule has 1 saturated carbocycles. The molecule has 19 heavy (non-hydrogen) atoms. The highest BCUT2D eigenvalue weighted by Gasteiger charge is 2.56. The minimum absolute atomic E-state index is 0.0301. The number of hydrogen-bond acceptors (Lipinski definition) is 4. The SMILES string of the molecule is CCC(O)(OC(=O)NC(C)(C)C)C1COC2(CC2)C1. The van der Waals surface area contributed by atoms with E-state index in [4.69, 9.17) is 9.47 Å². The zero-order valence-corrected chi connectivity index (χ0v) is 12.3. The Labute approximate surface area is 114 Å². The standard InChI is InChI=1S/C14H25NO4/c1-5-14(17,19-11(16)15-12(2,3)4)10-8-13(6-7-13)18-9-10/h10,17H,5-9H2,1-4H3,(H,15,16). The zero-order valence-electron chi connectivity index (χ0n) is 12.3. The number of rotatable bonds is 3. The molecule has 2 N–H and O–H groups in total. The van der Waals surface area contributed by atoms with Crippen molar-refractivity contribution in [3.63, 3.8) is 0 Å². The summed E-state index contributed by atoms with van der Waals surface area (Å²) in [5.74, 6) is -1.56. The van der Waals surface area contributed by atoms with Gasteiger partial charge in [-0.15, -0.1) is 0 Å². The molecule has 2 aliphatic rings. The van der Waals surface area contributed by atoms with Crippen LogP contribution in [0.1, 0.15) is 53.4 Å². The molecule has 1 spiro atoms. The minimum atomic E-state index is -1.43. The quantitative estimate of drug-likeness (QED) is 0.772. The Morgan fingerprint density at radius 2 is 2.11 bits per heavy atom. The van der Waals surface area contributed by atoms with Gasteiger partial charge in [0.05, 0.1) is 18.1 Å². The molecule has 1 saturated heterocycles. The lowest BCUT2D eigenvalue weighted by Gasteiger charge is -2.33. The number of amides is 1. The summed E-state index contributed by atoms with van der Waals surface area (Å²) in [6.45, 7) is 7.90. The molecule has 0 bridgehead atoms. The van der Waals surface area contributed by atoms with Gasteiger partial charge in [0.25, 0.3) is 0 Å². The van der Waals surface area contributed by atoms with Crippen LogP contribution in [0.5, 0.6) is 0 Å². The fourth-order valence-electron chi connectivity index (χ4n) is 2.56. The molecule has 5 nitrogen and oxygen atoms in total. The van der Waals surface area contributed by atoms with E-state index in [1.807, 2.05) is 27.7 Å². The minimum Gasteiger partial charge on any atom is -0.417 e. The molecule has 2 atom stereocenters. The maximum Gasteiger partial charge on any atom is 0.410 e. The van der Waals surface area contributed by atoms with Gasteiger partial charge in [0, 0.05) is 12.0 Å². The van der Waals surface area contributed by atoms with Gasteiger partial charge in [-0.3, -0.25) is 0 Å². The van der Waals surface area contributed by atoms with Crippen LogP contribution in [0.4, 0.5) is 4.79 Å². The van der Waals surface area contributed by atoms with Crippen LogP contribution < -0.4 is 5.32 Å². The highest BCUT2D eigenvalue weighted by Crippen LogP contribution is 2.52. The van der Waals surface area contributed by atoms with Gasteiger partial charge in [-0.25, -0.2) is 4.79 Å². The van der Waals surface area contributed by atoms with Crippen molar-refractivity contribution in [3.8, 4) is 0 Å². The Balaban J connectivity index is 1.96. The van der Waals surface area contributed by atoms with Crippen LogP contribution in [0.3, 0.4) is 0 Å². The summed E-state index contributed by atoms with van der Waals surface area (Å²) in [5, 5.41) is 13.3. The second-order valence-electron chi connectivity index (χ2n) is 6.86. The molecule has 1 aliphatic carbocycles. The van der Waals surface area contributed by atoms with Crippen molar-refractivity contribution in [3.05, 3.63) is 0 Å². The summed E-state index contributed by atoms with van der Waals surface area (Å²) in [4.78, 5) is 11.8. The Bertz CT molecular complexity index is 359. The first-order valence-corrected chi connectivity index (χ1v) is 7.06. The number of ether oxygens (including phenoxy) is 2. The molecule has 0 aromatic carbocycles. The molecular weight excluding hydrogens is 246 g/mol. The monoisotopic (exact) mass is 271 g/mol. The van der Waals surface area contributed by atoms with Crippen molar-refractivity contribution in [1.29, 1.82) is 0 Å². The van der Waals surface area contributed by atoms with Crippen molar-refractivity contribution in [2.45, 2.75) is 70.3 Å². The molecule has 2 rings (SSSR count). The summed E-state index contributed by atoms with van der Waals surface area (Å²) in [6.07, 6.45) is 2.68. The van der Waals surface area contributed by atoms with E-state index in [-0.39, 0.29) is 17.1 Å². The summed E-state index contributed by atoms with van der Waals surface area (Å²) in [7, 11) is 0. The van der Waals surface area contributed by atoms with Crippen LogP contribution in [0.15, 0.2) is 0 Å². The molecule has 1 aliphatic heterocycles. The third kappa shape index (κ3) is 3.39. The Hall–Kier alpha value is -0.810. The van der Waals surface area contributed by atoms with Crippen LogP contribution >= 0.6 is 0 Å². The molecule has 0 aromatic rings. The lowest BCUT2D eigenvalue weighted by molar-refractivity contribution is -0.200. The second-order valence-corrected chi connectivity index (χ2v) is 6.86. The highest BCUT2D eigenvalue weighted by molar-refractivity contribution is 5.68. The Morgan fingerprint density at radius 3 is 2.53 bits per heavy atom. The number of carbonyl (C=O) groups excluding carboxylic acids is 1. The van der Waals surface area contributed by atoms with Crippen LogP contribution in [0.25, 0.3) is 0 Å². The number of nitrogens with one attached hydrogen (secondary N) is 1. The average Bonchev–Trinajstić information content (AvgIpc) is 2.85. The smallest absolute Gasteiger partial charge is 0.410 e. The predicted molar refractivity (Wildman–Crippen MR) is 70.6 cm³/mol. The summed E-state index contributed by atoms with van der Waals surface area (Å²) in [5.41, 5.74) is -0.409. The van der Waals surface area contributed by atoms with Gasteiger partial charge in [-0.05, 0) is 40.0 Å². The first-order chi connectivity index (χ1) is 8.68. The first-order valence-electron chi connectivity index (χ1n) is 7.06. The first kappa shape index (κ1) is 14.6. The molecular formula is C14H25NO4. The van der Waals surface area contributed by atoms with Crippen molar-refractivity contribution in [2.75, 3.05) is 6.61 Å². The fraction of sp³-hybridized carbons (Fsp3) is 0.929. The lowest BCUT2D eigenvalue weighted by Crippen LogP contribution is -2.49. The highest BCUT2D eigenvalue weighted by atomic mass is 16.7. The van der Waals surface area contributed by atoms with E-state index >= 15 is 0 Å². The van der Waals surface area contributed by atoms with Crippen molar-refractivity contribution < 1.29 is 19.4 Å². The van der Waals surface area contributed by atoms with E-state index in [2.05, 4.69) is 5.32 Å². The normalized spacial score (nSPS) is 27.9. The molecule has 5 heteroatoms. The molecule has 2 fully saturated rings. The van der Waals surface area contributed by atoms with Gasteiger partial charge >= 0.3 is 6.09 Å². The van der Waals surface area contributed by atoms with Crippen LogP contribution in [-0.4, -0.2) is 34.7 Å². The van der Waals surface area contributed by atoms with E-state index in [0.29, 0.717) is 13.0 Å². The number of carbonyl (C=O) groups is 1. The summed E-state index contributed by atoms with van der Waals surface area (Å²) >= 11 is 0. The van der Waals surface area contributed by atoms with Crippen molar-refractivity contribution in [2.24, 2.45) is 5.92 Å². The van der Waals surface area contributed by atoms with Gasteiger partial charge < -0.3 is 19.9 Å². The maximum atomic E-state index is 11.8. The van der Waals surface area contributed by atoms with E-state index in [0.717, 1.165) is 19.3 Å². The van der Waals surface area contributed by atoms with E-state index in [1.54, 1.807) is 0 Å². The lowest BCUT2D eigenvalue weighted by atomic mass is 9.92. The van der Waals surface area contributed by atoms with Crippen molar-refractivity contribution in [1.82, 2.24) is 5.32 Å². The fourth-order valence-corrected chi connectivity index (χ4v) is 2.56. The largest absolute Gasteiger partial charge is 0.417 e. The number of aliphatic hydroxyl groups is 1. The summed E-state index contributed by atoms with van der Waals surface area (Å²) < 4.78 is 11.0. The molecule has 0 radical (unpaired) electrons. The molecule has 1 heterocycles. The third-order valence-corrected chi connectivity index (χ3v) is 3.91. The number of alkyl carbamates (subject to hydrolysis) is 1. The average molecular weight is 271 g/mol. The van der Waals surface area contributed by atoms with Crippen molar-refractivity contribution >= 4 is 6.09 Å². The van der Waals surface area contributed by atoms with Gasteiger partial charge in [0.1, 0.15) is 0 Å². The Kier molecular flexibility index (Phi) is 3.56. The van der Waals surface area contributed by atoms with Gasteiger partial charge in [-0.2, -0.15) is 0 Å². The molecule has 2 unspecified atom stereocenters. The van der Waals surface area contributed by atoms with Crippen LogP contribution in [-0.2, 0) is 9.47 Å². The van der Waals surface area contributed by atoms with Crippen LogP contribution in [0.2, 0.25) is 0 Å². The zero-order chi connectivity index (χ0) is 14.3. The summed E-state index contributed by atoms with van der Waals surface area (Å²) in [6, 6.07) is 0. The number of hydrogen-bond donors (Lipinski definition) is 2. The van der Waals surface area contributed by atoms with E-state index < -0.39 is 11.9 Å². The Morgan fingerprint density at radius 1 is 1.47 bits per heavy atom. The van der Waals surface area contributed by atoms with Gasteiger partial charge in [0.2, 0.25) is 5.79 Å². The molecule has 0 aromatic heterocycles. The van der Waals surface area contributed by atoms with Gasteiger partial charge in [0.15, 0.2) is 0 Å². The van der Waals surface area contributed by atoms with E-state index in [1.165, 1.54) is 0 Å². The third-order valence-electron chi connectivity index (χ3n) is 3.91.